The smallest absolute Gasteiger partial charge is 0.0337 e. The fourth-order valence-electron chi connectivity index (χ4n) is 3.16. The second-order valence-electron chi connectivity index (χ2n) is 5.15. The van der Waals surface area contributed by atoms with Crippen LogP contribution >= 0.6 is 11.3 Å². The Morgan fingerprint density at radius 2 is 2.12 bits per heavy atom. The highest BCUT2D eigenvalue weighted by molar-refractivity contribution is 7.08. The molecule has 0 bridgehead atoms. The molecule has 0 saturated heterocycles. The van der Waals surface area contributed by atoms with Crippen molar-refractivity contribution in [1.82, 2.24) is 0 Å². The number of rotatable bonds is 3. The Hall–Kier alpha value is -0.340. The summed E-state index contributed by atoms with van der Waals surface area (Å²) in [6.45, 7) is 4.51. The lowest BCUT2D eigenvalue weighted by molar-refractivity contribution is 0.196. The van der Waals surface area contributed by atoms with E-state index in [0.717, 1.165) is 5.92 Å². The second-order valence-corrected chi connectivity index (χ2v) is 5.90. The molecule has 16 heavy (non-hydrogen) atoms. The van der Waals surface area contributed by atoms with Gasteiger partial charge in [0.25, 0.3) is 0 Å². The van der Waals surface area contributed by atoms with E-state index in [2.05, 4.69) is 24.6 Å². The van der Waals surface area contributed by atoms with Crippen LogP contribution in [0.3, 0.4) is 0 Å². The summed E-state index contributed by atoms with van der Waals surface area (Å²) >= 11 is 1.79. The van der Waals surface area contributed by atoms with Crippen LogP contribution in [0, 0.1) is 18.8 Å². The second kappa shape index (κ2) is 5.33. The van der Waals surface area contributed by atoms with Gasteiger partial charge in [-0.1, -0.05) is 32.6 Å². The number of aryl methyl sites for hydroxylation is 1. The van der Waals surface area contributed by atoms with Crippen molar-refractivity contribution in [2.24, 2.45) is 17.6 Å². The Bertz CT molecular complexity index is 331. The Morgan fingerprint density at radius 1 is 1.38 bits per heavy atom. The predicted molar refractivity (Wildman–Crippen MR) is 71.7 cm³/mol. The molecule has 1 aromatic rings. The quantitative estimate of drug-likeness (QED) is 0.834. The minimum absolute atomic E-state index is 0.275. The van der Waals surface area contributed by atoms with Gasteiger partial charge in [0, 0.05) is 6.04 Å². The van der Waals surface area contributed by atoms with E-state index in [1.165, 1.54) is 43.2 Å². The predicted octanol–water partition coefficient (Wildman–Crippen LogP) is 4.27. The molecule has 0 amide bonds. The Morgan fingerprint density at radius 3 is 2.75 bits per heavy atom. The zero-order valence-corrected chi connectivity index (χ0v) is 11.2. The molecule has 1 aliphatic rings. The van der Waals surface area contributed by atoms with Gasteiger partial charge in [0.15, 0.2) is 0 Å². The summed E-state index contributed by atoms with van der Waals surface area (Å²) in [5, 5.41) is 4.47. The molecule has 1 saturated carbocycles. The number of hydrogen-bond donors (Lipinski definition) is 1. The SMILES string of the molecule is CCC1CCCCC1C(N)c1cscc1C. The van der Waals surface area contributed by atoms with Gasteiger partial charge in [-0.15, -0.1) is 0 Å². The van der Waals surface area contributed by atoms with Crippen LogP contribution in [-0.2, 0) is 0 Å². The van der Waals surface area contributed by atoms with Crippen molar-refractivity contribution >= 4 is 11.3 Å². The molecule has 2 N–H and O–H groups in total. The minimum Gasteiger partial charge on any atom is -0.324 e. The first-order valence-corrected chi connectivity index (χ1v) is 7.46. The van der Waals surface area contributed by atoms with Crippen molar-refractivity contribution in [1.29, 1.82) is 0 Å². The molecule has 0 aliphatic heterocycles. The zero-order valence-electron chi connectivity index (χ0n) is 10.4. The van der Waals surface area contributed by atoms with Crippen molar-refractivity contribution in [3.05, 3.63) is 21.9 Å². The van der Waals surface area contributed by atoms with E-state index in [9.17, 15) is 0 Å². The van der Waals surface area contributed by atoms with Crippen LogP contribution in [0.25, 0.3) is 0 Å². The molecule has 1 nitrogen and oxygen atoms in total. The molecule has 0 aromatic carbocycles. The summed E-state index contributed by atoms with van der Waals surface area (Å²) in [6.07, 6.45) is 6.79. The number of nitrogens with two attached hydrogens (primary N) is 1. The summed E-state index contributed by atoms with van der Waals surface area (Å²) in [5.41, 5.74) is 9.27. The molecule has 1 fully saturated rings. The fraction of sp³-hybridized carbons (Fsp3) is 0.714. The van der Waals surface area contributed by atoms with Gasteiger partial charge >= 0.3 is 0 Å². The summed E-state index contributed by atoms with van der Waals surface area (Å²) in [5.74, 6) is 1.56. The normalized spacial score (nSPS) is 27.9. The fourth-order valence-corrected chi connectivity index (χ4v) is 4.06. The average Bonchev–Trinajstić information content (AvgIpc) is 2.74. The first-order chi connectivity index (χ1) is 7.74. The monoisotopic (exact) mass is 237 g/mol. The van der Waals surface area contributed by atoms with Crippen molar-refractivity contribution in [2.75, 3.05) is 0 Å². The van der Waals surface area contributed by atoms with E-state index < -0.39 is 0 Å². The van der Waals surface area contributed by atoms with Gasteiger partial charge in [-0.25, -0.2) is 0 Å². The molecule has 0 spiro atoms. The summed E-state index contributed by atoms with van der Waals surface area (Å²) in [6, 6.07) is 0.275. The molecule has 1 heterocycles. The highest BCUT2D eigenvalue weighted by Gasteiger charge is 2.30. The van der Waals surface area contributed by atoms with Crippen LogP contribution < -0.4 is 5.73 Å². The van der Waals surface area contributed by atoms with E-state index >= 15 is 0 Å². The molecule has 3 unspecified atom stereocenters. The molecule has 2 rings (SSSR count). The number of hydrogen-bond acceptors (Lipinski definition) is 2. The molecule has 1 aromatic heterocycles. The molecule has 0 radical (unpaired) electrons. The van der Waals surface area contributed by atoms with Gasteiger partial charge in [-0.05, 0) is 47.1 Å². The van der Waals surface area contributed by atoms with Crippen LogP contribution in [-0.4, -0.2) is 0 Å². The van der Waals surface area contributed by atoms with Crippen molar-refractivity contribution in [3.8, 4) is 0 Å². The first kappa shape index (κ1) is 12.1. The Balaban J connectivity index is 2.13. The molecule has 2 heteroatoms. The van der Waals surface area contributed by atoms with E-state index in [1.54, 1.807) is 11.3 Å². The van der Waals surface area contributed by atoms with E-state index in [1.807, 2.05) is 0 Å². The number of thiophene rings is 1. The van der Waals surface area contributed by atoms with Gasteiger partial charge in [0.2, 0.25) is 0 Å². The molecular weight excluding hydrogens is 214 g/mol. The minimum atomic E-state index is 0.275. The van der Waals surface area contributed by atoms with Gasteiger partial charge in [-0.2, -0.15) is 11.3 Å². The lowest BCUT2D eigenvalue weighted by Gasteiger charge is -2.35. The topological polar surface area (TPSA) is 26.0 Å². The molecular formula is C14H23NS. The van der Waals surface area contributed by atoms with Gasteiger partial charge in [0.05, 0.1) is 0 Å². The van der Waals surface area contributed by atoms with Crippen molar-refractivity contribution in [2.45, 2.75) is 52.0 Å². The zero-order chi connectivity index (χ0) is 11.5. The third kappa shape index (κ3) is 2.33. The van der Waals surface area contributed by atoms with Gasteiger partial charge in [-0.3, -0.25) is 0 Å². The Kier molecular flexibility index (Phi) is 4.04. The molecule has 90 valence electrons. The molecule has 1 aliphatic carbocycles. The van der Waals surface area contributed by atoms with Crippen LogP contribution in [0.2, 0.25) is 0 Å². The van der Waals surface area contributed by atoms with Gasteiger partial charge in [0.1, 0.15) is 0 Å². The van der Waals surface area contributed by atoms with E-state index in [4.69, 9.17) is 5.73 Å². The standard InChI is InChI=1S/C14H23NS/c1-3-11-6-4-5-7-12(11)14(15)13-9-16-8-10(13)2/h8-9,11-12,14H,3-7,15H2,1-2H3. The third-order valence-corrected chi connectivity index (χ3v) is 5.09. The maximum Gasteiger partial charge on any atom is 0.0337 e. The summed E-state index contributed by atoms with van der Waals surface area (Å²) in [7, 11) is 0. The van der Waals surface area contributed by atoms with Crippen LogP contribution in [0.15, 0.2) is 10.8 Å². The van der Waals surface area contributed by atoms with Crippen molar-refractivity contribution < 1.29 is 0 Å². The maximum atomic E-state index is 6.49. The first-order valence-electron chi connectivity index (χ1n) is 6.52. The largest absolute Gasteiger partial charge is 0.324 e. The van der Waals surface area contributed by atoms with E-state index in [-0.39, 0.29) is 6.04 Å². The average molecular weight is 237 g/mol. The summed E-state index contributed by atoms with van der Waals surface area (Å²) < 4.78 is 0. The maximum absolute atomic E-state index is 6.49. The lowest BCUT2D eigenvalue weighted by Crippen LogP contribution is -2.30. The van der Waals surface area contributed by atoms with Crippen LogP contribution in [0.1, 0.15) is 56.2 Å². The van der Waals surface area contributed by atoms with Crippen LogP contribution in [0.5, 0.6) is 0 Å². The van der Waals surface area contributed by atoms with Crippen molar-refractivity contribution in [3.63, 3.8) is 0 Å². The summed E-state index contributed by atoms with van der Waals surface area (Å²) in [4.78, 5) is 0. The third-order valence-electron chi connectivity index (χ3n) is 4.21. The van der Waals surface area contributed by atoms with Gasteiger partial charge < -0.3 is 5.73 Å². The lowest BCUT2D eigenvalue weighted by atomic mass is 9.72. The molecule has 3 atom stereocenters. The van der Waals surface area contributed by atoms with E-state index in [0.29, 0.717) is 5.92 Å². The Labute approximate surface area is 103 Å². The highest BCUT2D eigenvalue weighted by Crippen LogP contribution is 2.40. The highest BCUT2D eigenvalue weighted by atomic mass is 32.1. The van der Waals surface area contributed by atoms with Crippen LogP contribution in [0.4, 0.5) is 0 Å².